The van der Waals surface area contributed by atoms with Gasteiger partial charge in [0.1, 0.15) is 0 Å². The molecule has 2 nitrogen and oxygen atoms in total. The van der Waals surface area contributed by atoms with Crippen molar-refractivity contribution < 1.29 is 4.79 Å². The Balaban J connectivity index is 2.00. The molecule has 94 valence electrons. The van der Waals surface area contributed by atoms with E-state index in [-0.39, 0.29) is 5.91 Å². The van der Waals surface area contributed by atoms with Gasteiger partial charge in [-0.2, -0.15) is 0 Å². The quantitative estimate of drug-likeness (QED) is 0.812. The zero-order valence-electron chi connectivity index (χ0n) is 10.4. The molecular formula is C15H16ClNO. The molecule has 0 radical (unpaired) electrons. The van der Waals surface area contributed by atoms with Crippen molar-refractivity contribution in [1.29, 1.82) is 0 Å². The van der Waals surface area contributed by atoms with E-state index in [2.05, 4.69) is 13.5 Å². The Morgan fingerprint density at radius 2 is 2.22 bits per heavy atom. The third-order valence-electron chi connectivity index (χ3n) is 4.05. The fourth-order valence-electron chi connectivity index (χ4n) is 2.79. The van der Waals surface area contributed by atoms with Crippen LogP contribution in [0.15, 0.2) is 18.7 Å². The SMILES string of the molecule is C=Cc1cc(Cl)cc2c1C(=O)N([C@@H](C)C1CC1)C2. The topological polar surface area (TPSA) is 20.3 Å². The summed E-state index contributed by atoms with van der Waals surface area (Å²) in [6, 6.07) is 4.05. The van der Waals surface area contributed by atoms with Crippen molar-refractivity contribution in [3.63, 3.8) is 0 Å². The number of fused-ring (bicyclic) bond motifs is 1. The third kappa shape index (κ3) is 1.76. The van der Waals surface area contributed by atoms with E-state index in [0.717, 1.165) is 16.7 Å². The predicted molar refractivity (Wildman–Crippen MR) is 73.6 cm³/mol. The van der Waals surface area contributed by atoms with Gasteiger partial charge in [-0.05, 0) is 48.9 Å². The smallest absolute Gasteiger partial charge is 0.255 e. The van der Waals surface area contributed by atoms with Gasteiger partial charge in [-0.3, -0.25) is 4.79 Å². The van der Waals surface area contributed by atoms with E-state index < -0.39 is 0 Å². The van der Waals surface area contributed by atoms with Crippen molar-refractivity contribution in [1.82, 2.24) is 4.90 Å². The number of carbonyl (C=O) groups excluding carboxylic acids is 1. The molecule has 0 spiro atoms. The summed E-state index contributed by atoms with van der Waals surface area (Å²) in [4.78, 5) is 14.5. The molecule has 3 rings (SSSR count). The van der Waals surface area contributed by atoms with E-state index >= 15 is 0 Å². The molecule has 3 heteroatoms. The lowest BCUT2D eigenvalue weighted by atomic mass is 10.0. The van der Waals surface area contributed by atoms with Crippen molar-refractivity contribution in [2.75, 3.05) is 0 Å². The second kappa shape index (κ2) is 4.13. The number of amides is 1. The Bertz CT molecular complexity index is 534. The minimum Gasteiger partial charge on any atom is -0.331 e. The van der Waals surface area contributed by atoms with Gasteiger partial charge in [0.05, 0.1) is 5.56 Å². The first-order valence-corrected chi connectivity index (χ1v) is 6.75. The van der Waals surface area contributed by atoms with Crippen molar-refractivity contribution in [2.45, 2.75) is 32.4 Å². The molecule has 1 saturated carbocycles. The fourth-order valence-corrected chi connectivity index (χ4v) is 3.04. The lowest BCUT2D eigenvalue weighted by Gasteiger charge is -2.24. The van der Waals surface area contributed by atoms with Crippen LogP contribution in [-0.2, 0) is 6.54 Å². The van der Waals surface area contributed by atoms with Gasteiger partial charge >= 0.3 is 0 Å². The normalized spacial score (nSPS) is 19.9. The molecule has 1 heterocycles. The average molecular weight is 262 g/mol. The molecule has 0 aromatic heterocycles. The minimum atomic E-state index is 0.135. The van der Waals surface area contributed by atoms with Crippen molar-refractivity contribution >= 4 is 23.6 Å². The van der Waals surface area contributed by atoms with Crippen LogP contribution in [0.25, 0.3) is 6.08 Å². The summed E-state index contributed by atoms with van der Waals surface area (Å²) < 4.78 is 0. The number of rotatable bonds is 3. The maximum absolute atomic E-state index is 12.5. The Morgan fingerprint density at radius 3 is 2.83 bits per heavy atom. The molecular weight excluding hydrogens is 246 g/mol. The Morgan fingerprint density at radius 1 is 1.50 bits per heavy atom. The van der Waals surface area contributed by atoms with E-state index in [4.69, 9.17) is 11.6 Å². The van der Waals surface area contributed by atoms with Crippen LogP contribution in [0.5, 0.6) is 0 Å². The molecule has 2 aliphatic rings. The van der Waals surface area contributed by atoms with Crippen LogP contribution in [0, 0.1) is 5.92 Å². The molecule has 1 aliphatic carbocycles. The number of hydrogen-bond acceptors (Lipinski definition) is 1. The van der Waals surface area contributed by atoms with Gasteiger partial charge in [0.15, 0.2) is 0 Å². The van der Waals surface area contributed by atoms with Crippen LogP contribution in [0.4, 0.5) is 0 Å². The molecule has 1 aromatic carbocycles. The monoisotopic (exact) mass is 261 g/mol. The van der Waals surface area contributed by atoms with E-state index in [9.17, 15) is 4.79 Å². The van der Waals surface area contributed by atoms with E-state index in [1.165, 1.54) is 12.8 Å². The summed E-state index contributed by atoms with van der Waals surface area (Å²) in [5, 5.41) is 0.678. The minimum absolute atomic E-state index is 0.135. The molecule has 0 bridgehead atoms. The Hall–Kier alpha value is -1.28. The molecule has 1 aliphatic heterocycles. The lowest BCUT2D eigenvalue weighted by Crippen LogP contribution is -2.34. The van der Waals surface area contributed by atoms with Crippen LogP contribution < -0.4 is 0 Å². The number of carbonyl (C=O) groups is 1. The molecule has 1 aromatic rings. The third-order valence-corrected chi connectivity index (χ3v) is 4.26. The first kappa shape index (κ1) is 11.8. The molecule has 18 heavy (non-hydrogen) atoms. The largest absolute Gasteiger partial charge is 0.331 e. The van der Waals surface area contributed by atoms with Crippen molar-refractivity contribution in [2.24, 2.45) is 5.92 Å². The Kier molecular flexibility index (Phi) is 2.70. The van der Waals surface area contributed by atoms with Crippen LogP contribution in [0.1, 0.15) is 41.3 Å². The summed E-state index contributed by atoms with van der Waals surface area (Å²) in [6.45, 7) is 6.61. The van der Waals surface area contributed by atoms with Gasteiger partial charge in [0, 0.05) is 17.6 Å². The second-order valence-electron chi connectivity index (χ2n) is 5.24. The van der Waals surface area contributed by atoms with E-state index in [1.807, 2.05) is 17.0 Å². The summed E-state index contributed by atoms with van der Waals surface area (Å²) >= 11 is 6.08. The van der Waals surface area contributed by atoms with Crippen LogP contribution in [0.3, 0.4) is 0 Å². The van der Waals surface area contributed by atoms with Gasteiger partial charge in [-0.25, -0.2) is 0 Å². The highest BCUT2D eigenvalue weighted by Crippen LogP contribution is 2.39. The van der Waals surface area contributed by atoms with Crippen LogP contribution in [-0.4, -0.2) is 16.8 Å². The zero-order valence-corrected chi connectivity index (χ0v) is 11.2. The van der Waals surface area contributed by atoms with Crippen molar-refractivity contribution in [3.8, 4) is 0 Å². The molecule has 0 unspecified atom stereocenters. The maximum Gasteiger partial charge on any atom is 0.255 e. The molecule has 0 saturated heterocycles. The van der Waals surface area contributed by atoms with Crippen LogP contribution in [0.2, 0.25) is 5.02 Å². The first-order valence-electron chi connectivity index (χ1n) is 6.37. The van der Waals surface area contributed by atoms with Gasteiger partial charge < -0.3 is 4.90 Å². The first-order chi connectivity index (χ1) is 8.61. The van der Waals surface area contributed by atoms with E-state index in [1.54, 1.807) is 6.08 Å². The van der Waals surface area contributed by atoms with Gasteiger partial charge in [-0.1, -0.05) is 24.3 Å². The lowest BCUT2D eigenvalue weighted by molar-refractivity contribution is 0.0697. The molecule has 1 fully saturated rings. The summed E-state index contributed by atoms with van der Waals surface area (Å²) in [6.07, 6.45) is 4.21. The highest BCUT2D eigenvalue weighted by atomic mass is 35.5. The number of nitrogens with zero attached hydrogens (tertiary/aromatic N) is 1. The summed E-state index contributed by atoms with van der Waals surface area (Å²) in [5.41, 5.74) is 2.68. The number of hydrogen-bond donors (Lipinski definition) is 0. The van der Waals surface area contributed by atoms with Crippen molar-refractivity contribution in [3.05, 3.63) is 40.4 Å². The van der Waals surface area contributed by atoms with E-state index in [0.29, 0.717) is 23.5 Å². The number of halogens is 1. The van der Waals surface area contributed by atoms with Gasteiger partial charge in [-0.15, -0.1) is 0 Å². The molecule has 1 atom stereocenters. The standard InChI is InChI=1S/C15H16ClNO/c1-3-10-6-13(16)7-12-8-17(15(18)14(10)12)9(2)11-4-5-11/h3,6-7,9,11H,1,4-5,8H2,2H3/t9-/m0/s1. The van der Waals surface area contributed by atoms with Gasteiger partial charge in [0.2, 0.25) is 0 Å². The fraction of sp³-hybridized carbons (Fsp3) is 0.400. The summed E-state index contributed by atoms with van der Waals surface area (Å²) in [5.74, 6) is 0.821. The summed E-state index contributed by atoms with van der Waals surface area (Å²) in [7, 11) is 0. The van der Waals surface area contributed by atoms with Crippen LogP contribution >= 0.6 is 11.6 Å². The second-order valence-corrected chi connectivity index (χ2v) is 5.68. The molecule has 1 amide bonds. The predicted octanol–water partition coefficient (Wildman–Crippen LogP) is 3.74. The average Bonchev–Trinajstić information content (AvgIpc) is 3.13. The highest BCUT2D eigenvalue weighted by molar-refractivity contribution is 6.31. The zero-order chi connectivity index (χ0) is 12.9. The maximum atomic E-state index is 12.5. The Labute approximate surface area is 112 Å². The molecule has 0 N–H and O–H groups in total. The number of benzene rings is 1. The highest BCUT2D eigenvalue weighted by Gasteiger charge is 2.39. The van der Waals surface area contributed by atoms with Gasteiger partial charge in [0.25, 0.3) is 5.91 Å².